The Bertz CT molecular complexity index is 1380. The number of hydrogen-bond donors (Lipinski definition) is 1. The number of benzene rings is 1. The second-order valence-corrected chi connectivity index (χ2v) is 11.7. The zero-order valence-corrected chi connectivity index (χ0v) is 22.7. The van der Waals surface area contributed by atoms with Crippen LogP contribution in [0.3, 0.4) is 0 Å². The Morgan fingerprint density at radius 2 is 1.92 bits per heavy atom. The molecule has 0 spiro atoms. The number of nitriles is 1. The summed E-state index contributed by atoms with van der Waals surface area (Å²) < 4.78 is 20.2. The molecule has 3 aliphatic rings. The molecule has 1 saturated heterocycles. The first kappa shape index (κ1) is 25.8. The van der Waals surface area contributed by atoms with Crippen molar-refractivity contribution >= 4 is 22.9 Å². The van der Waals surface area contributed by atoms with Crippen LogP contribution in [0, 0.1) is 24.2 Å². The number of amides is 1. The monoisotopic (exact) mass is 546 g/mol. The number of nitrogens with zero attached hydrogens (tertiary/aromatic N) is 5. The van der Waals surface area contributed by atoms with Crippen LogP contribution in [0.5, 0.6) is 0 Å². The topological polar surface area (TPSA) is 104 Å². The van der Waals surface area contributed by atoms with E-state index in [4.69, 9.17) is 9.72 Å². The van der Waals surface area contributed by atoms with Gasteiger partial charge in [0.1, 0.15) is 22.4 Å². The molecule has 1 aromatic carbocycles. The van der Waals surface area contributed by atoms with Crippen molar-refractivity contribution in [3.05, 3.63) is 47.8 Å². The molecule has 202 valence electrons. The van der Waals surface area contributed by atoms with Gasteiger partial charge in [0.15, 0.2) is 0 Å². The van der Waals surface area contributed by atoms with Crippen molar-refractivity contribution in [2.24, 2.45) is 5.92 Å². The highest BCUT2D eigenvalue weighted by Crippen LogP contribution is 2.47. The largest absolute Gasteiger partial charge is 0.378 e. The van der Waals surface area contributed by atoms with Gasteiger partial charge in [-0.1, -0.05) is 12.1 Å². The molecule has 39 heavy (non-hydrogen) atoms. The van der Waals surface area contributed by atoms with E-state index in [1.54, 1.807) is 0 Å². The lowest BCUT2D eigenvalue weighted by Crippen LogP contribution is -2.44. The van der Waals surface area contributed by atoms with Crippen molar-refractivity contribution in [2.75, 3.05) is 31.2 Å². The molecule has 3 atom stereocenters. The molecule has 10 heteroatoms. The van der Waals surface area contributed by atoms with Crippen LogP contribution in [0.25, 0.3) is 21.1 Å². The summed E-state index contributed by atoms with van der Waals surface area (Å²) in [6.45, 7) is 5.03. The van der Waals surface area contributed by atoms with Crippen LogP contribution >= 0.6 is 11.3 Å². The number of aromatic nitrogens is 3. The van der Waals surface area contributed by atoms with Crippen molar-refractivity contribution in [2.45, 2.75) is 56.7 Å². The first-order valence-corrected chi connectivity index (χ1v) is 14.4. The molecule has 1 amide bonds. The van der Waals surface area contributed by atoms with Crippen LogP contribution in [0.1, 0.15) is 49.4 Å². The Balaban J connectivity index is 1.37. The summed E-state index contributed by atoms with van der Waals surface area (Å²) >= 11 is 1.53. The molecule has 1 N–H and O–H groups in total. The van der Waals surface area contributed by atoms with Crippen molar-refractivity contribution in [1.29, 1.82) is 5.26 Å². The lowest BCUT2D eigenvalue weighted by molar-refractivity contribution is -0.128. The Labute approximate surface area is 231 Å². The summed E-state index contributed by atoms with van der Waals surface area (Å²) in [6.07, 6.45) is 1.25. The fourth-order valence-electron chi connectivity index (χ4n) is 5.51. The summed E-state index contributed by atoms with van der Waals surface area (Å²) in [6, 6.07) is 14.4. The maximum atomic E-state index is 14.7. The Morgan fingerprint density at radius 1 is 1.15 bits per heavy atom. The molecule has 2 aliphatic carbocycles. The average molecular weight is 547 g/mol. The molecule has 6 rings (SSSR count). The number of anilines is 1. The third-order valence-corrected chi connectivity index (χ3v) is 9.12. The van der Waals surface area contributed by atoms with Gasteiger partial charge in [-0.05, 0) is 68.9 Å². The summed E-state index contributed by atoms with van der Waals surface area (Å²) in [5.41, 5.74) is 3.63. The Hall–Kier alpha value is -3.42. The lowest BCUT2D eigenvalue weighted by Gasteiger charge is -2.32. The number of carbonyl (C=O) groups excluding carboxylic acids is 1. The maximum absolute atomic E-state index is 14.7. The first-order chi connectivity index (χ1) is 18.9. The highest BCUT2D eigenvalue weighted by Gasteiger charge is 2.48. The van der Waals surface area contributed by atoms with E-state index < -0.39 is 17.6 Å². The third-order valence-electron chi connectivity index (χ3n) is 7.98. The van der Waals surface area contributed by atoms with Crippen LogP contribution in [-0.2, 0) is 9.53 Å². The van der Waals surface area contributed by atoms with Crippen molar-refractivity contribution in [3.63, 3.8) is 0 Å². The molecule has 0 unspecified atom stereocenters. The molecule has 3 heterocycles. The zero-order chi connectivity index (χ0) is 27.0. The Morgan fingerprint density at radius 3 is 2.59 bits per heavy atom. The second kappa shape index (κ2) is 10.6. The van der Waals surface area contributed by atoms with Gasteiger partial charge in [0, 0.05) is 30.6 Å². The number of alkyl halides is 1. The minimum absolute atomic E-state index is 0.130. The van der Waals surface area contributed by atoms with Gasteiger partial charge in [-0.15, -0.1) is 16.4 Å². The number of ether oxygens (including phenoxy) is 1. The molecule has 3 aromatic rings. The number of nitrogens with one attached hydrogen (secondary N) is 1. The number of morpholine rings is 1. The van der Waals surface area contributed by atoms with E-state index in [1.807, 2.05) is 19.1 Å². The third kappa shape index (κ3) is 5.38. The van der Waals surface area contributed by atoms with Crippen molar-refractivity contribution < 1.29 is 13.9 Å². The van der Waals surface area contributed by atoms with E-state index in [2.05, 4.69) is 50.7 Å². The van der Waals surface area contributed by atoms with E-state index in [9.17, 15) is 14.4 Å². The number of aryl methyl sites for hydroxylation is 1. The minimum atomic E-state index is -1.05. The fourth-order valence-corrected chi connectivity index (χ4v) is 6.62. The van der Waals surface area contributed by atoms with Crippen molar-refractivity contribution in [1.82, 2.24) is 20.5 Å². The molecular weight excluding hydrogens is 515 g/mol. The van der Waals surface area contributed by atoms with E-state index in [1.165, 1.54) is 11.3 Å². The number of hydrogen-bond acceptors (Lipinski definition) is 8. The standard InChI is InChI=1S/C29H31FN6O2S/c1-18-2-9-24(35-34-18)28-32-25(22-8-5-20(30)16-23(22)27(37)33-29(17-31)10-11-29)26(39-28)19-3-6-21(7-4-19)36-12-14-38-15-13-36/h2-4,6-7,9,20,22-23H,5,8,10-16H2,1H3,(H,33,37)/t20-,22+,23+/m0/s1. The van der Waals surface area contributed by atoms with Crippen LogP contribution < -0.4 is 10.2 Å². The average Bonchev–Trinajstić information content (AvgIpc) is 3.61. The van der Waals surface area contributed by atoms with Gasteiger partial charge in [0.05, 0.1) is 35.5 Å². The SMILES string of the molecule is Cc1ccc(-c2nc([C@@H]3CC[C@H](F)C[C@H]3C(=O)NC3(C#N)CC3)c(-c3ccc(N4CCOCC4)cc3)s2)nn1. The number of rotatable bonds is 6. The first-order valence-electron chi connectivity index (χ1n) is 13.6. The molecule has 8 nitrogen and oxygen atoms in total. The van der Waals surface area contributed by atoms with E-state index in [0.717, 1.165) is 58.8 Å². The number of halogens is 1. The van der Waals surface area contributed by atoms with Gasteiger partial charge >= 0.3 is 0 Å². The minimum Gasteiger partial charge on any atom is -0.378 e. The van der Waals surface area contributed by atoms with Gasteiger partial charge in [-0.2, -0.15) is 10.4 Å². The molecular formula is C29H31FN6O2S. The van der Waals surface area contributed by atoms with Gasteiger partial charge in [-0.25, -0.2) is 9.37 Å². The second-order valence-electron chi connectivity index (χ2n) is 10.7. The molecule has 0 radical (unpaired) electrons. The van der Waals surface area contributed by atoms with Gasteiger partial charge in [0.25, 0.3) is 0 Å². The number of carbonyl (C=O) groups is 1. The fraction of sp³-hybridized carbons (Fsp3) is 0.483. The summed E-state index contributed by atoms with van der Waals surface area (Å²) in [5, 5.41) is 21.7. The summed E-state index contributed by atoms with van der Waals surface area (Å²) in [4.78, 5) is 21.7. The van der Waals surface area contributed by atoms with Crippen LogP contribution in [0.4, 0.5) is 10.1 Å². The molecule has 2 saturated carbocycles. The van der Waals surface area contributed by atoms with Crippen LogP contribution in [-0.4, -0.2) is 59.1 Å². The predicted octanol–water partition coefficient (Wildman–Crippen LogP) is 4.81. The Kier molecular flexibility index (Phi) is 7.04. The smallest absolute Gasteiger partial charge is 0.225 e. The molecule has 1 aliphatic heterocycles. The van der Waals surface area contributed by atoms with Crippen LogP contribution in [0.2, 0.25) is 0 Å². The highest BCUT2D eigenvalue weighted by molar-refractivity contribution is 7.18. The van der Waals surface area contributed by atoms with Crippen LogP contribution in [0.15, 0.2) is 36.4 Å². The molecule has 2 aromatic heterocycles. The normalized spacial score (nSPS) is 24.1. The quantitative estimate of drug-likeness (QED) is 0.473. The zero-order valence-electron chi connectivity index (χ0n) is 21.9. The summed E-state index contributed by atoms with van der Waals surface area (Å²) in [5.74, 6) is -1.10. The molecule has 3 fully saturated rings. The molecule has 0 bridgehead atoms. The lowest BCUT2D eigenvalue weighted by atomic mass is 9.75. The van der Waals surface area contributed by atoms with Gasteiger partial charge < -0.3 is 15.0 Å². The van der Waals surface area contributed by atoms with E-state index >= 15 is 0 Å². The maximum Gasteiger partial charge on any atom is 0.225 e. The van der Waals surface area contributed by atoms with Gasteiger partial charge in [0.2, 0.25) is 5.91 Å². The predicted molar refractivity (Wildman–Crippen MR) is 147 cm³/mol. The summed E-state index contributed by atoms with van der Waals surface area (Å²) in [7, 11) is 0. The van der Waals surface area contributed by atoms with E-state index in [-0.39, 0.29) is 18.2 Å². The van der Waals surface area contributed by atoms with E-state index in [0.29, 0.717) is 31.4 Å². The highest BCUT2D eigenvalue weighted by atomic mass is 32.1. The number of thiazole rings is 1. The van der Waals surface area contributed by atoms with Gasteiger partial charge in [-0.3, -0.25) is 4.79 Å². The van der Waals surface area contributed by atoms with Crippen molar-refractivity contribution in [3.8, 4) is 27.2 Å².